The average Bonchev–Trinajstić information content (AvgIpc) is 2.40. The van der Waals surface area contributed by atoms with Gasteiger partial charge in [0.15, 0.2) is 9.84 Å². The molecule has 1 aromatic carbocycles. The fourth-order valence-corrected chi connectivity index (χ4v) is 5.46. The number of nitrogens with two attached hydrogens (primary N) is 1. The lowest BCUT2D eigenvalue weighted by molar-refractivity contribution is 0.262. The normalized spacial score (nSPS) is 21.1. The van der Waals surface area contributed by atoms with Crippen LogP contribution in [0.3, 0.4) is 0 Å². The molecule has 1 unspecified atom stereocenters. The minimum absolute atomic E-state index is 0.425. The SMILES string of the molecule is CS(=O)(=O)C1CSCCN1Cc1ccc(CN)cc1Cl. The van der Waals surface area contributed by atoms with Crippen LogP contribution < -0.4 is 5.73 Å². The molecule has 0 saturated carbocycles. The van der Waals surface area contributed by atoms with Crippen LogP contribution in [0.4, 0.5) is 0 Å². The molecule has 1 aromatic rings. The zero-order valence-corrected chi connectivity index (χ0v) is 13.8. The van der Waals surface area contributed by atoms with Crippen LogP contribution in [-0.2, 0) is 22.9 Å². The van der Waals surface area contributed by atoms with E-state index in [0.29, 0.717) is 23.9 Å². The monoisotopic (exact) mass is 334 g/mol. The molecule has 0 spiro atoms. The van der Waals surface area contributed by atoms with E-state index >= 15 is 0 Å². The number of hydrogen-bond donors (Lipinski definition) is 1. The Morgan fingerprint density at radius 3 is 2.85 bits per heavy atom. The summed E-state index contributed by atoms with van der Waals surface area (Å²) in [6.07, 6.45) is 1.30. The van der Waals surface area contributed by atoms with Crippen molar-refractivity contribution in [1.29, 1.82) is 0 Å². The van der Waals surface area contributed by atoms with Crippen molar-refractivity contribution in [2.45, 2.75) is 18.5 Å². The molecule has 1 saturated heterocycles. The van der Waals surface area contributed by atoms with Crippen LogP contribution >= 0.6 is 23.4 Å². The van der Waals surface area contributed by atoms with Crippen LogP contribution in [0.2, 0.25) is 5.02 Å². The van der Waals surface area contributed by atoms with Gasteiger partial charge in [-0.1, -0.05) is 23.7 Å². The van der Waals surface area contributed by atoms with Crippen molar-refractivity contribution in [3.63, 3.8) is 0 Å². The Bertz CT molecular complexity index is 578. The van der Waals surface area contributed by atoms with E-state index in [2.05, 4.69) is 0 Å². The third-order valence-electron chi connectivity index (χ3n) is 3.41. The molecular formula is C13H19ClN2O2S2. The number of thioether (sulfide) groups is 1. The maximum atomic E-state index is 11.9. The minimum atomic E-state index is -3.08. The Morgan fingerprint density at radius 2 is 2.25 bits per heavy atom. The van der Waals surface area contributed by atoms with Gasteiger partial charge in [-0.25, -0.2) is 8.42 Å². The fourth-order valence-electron chi connectivity index (χ4n) is 2.26. The summed E-state index contributed by atoms with van der Waals surface area (Å²) in [7, 11) is -3.08. The zero-order chi connectivity index (χ0) is 14.8. The van der Waals surface area contributed by atoms with Gasteiger partial charge in [0, 0.05) is 42.4 Å². The first-order valence-electron chi connectivity index (χ1n) is 6.40. The quantitative estimate of drug-likeness (QED) is 0.908. The molecule has 0 bridgehead atoms. The Kier molecular flexibility index (Phi) is 5.36. The molecule has 1 aliphatic rings. The molecule has 7 heteroatoms. The second kappa shape index (κ2) is 6.66. The first-order valence-corrected chi connectivity index (χ1v) is 9.88. The van der Waals surface area contributed by atoms with Crippen molar-refractivity contribution in [1.82, 2.24) is 4.90 Å². The third kappa shape index (κ3) is 3.89. The second-order valence-electron chi connectivity index (χ2n) is 4.96. The lowest BCUT2D eigenvalue weighted by Gasteiger charge is -2.34. The zero-order valence-electron chi connectivity index (χ0n) is 11.4. The Morgan fingerprint density at radius 1 is 1.50 bits per heavy atom. The first kappa shape index (κ1) is 16.1. The number of nitrogens with zero attached hydrogens (tertiary/aromatic N) is 1. The van der Waals surface area contributed by atoms with Crippen LogP contribution in [0.25, 0.3) is 0 Å². The molecule has 1 fully saturated rings. The summed E-state index contributed by atoms with van der Waals surface area (Å²) < 4.78 is 23.7. The van der Waals surface area contributed by atoms with E-state index in [4.69, 9.17) is 17.3 Å². The van der Waals surface area contributed by atoms with Crippen LogP contribution in [0.15, 0.2) is 18.2 Å². The molecule has 0 amide bonds. The van der Waals surface area contributed by atoms with Crippen LogP contribution in [-0.4, -0.2) is 43.0 Å². The van der Waals surface area contributed by atoms with Crippen LogP contribution in [0.1, 0.15) is 11.1 Å². The Hall–Kier alpha value is -0.270. The van der Waals surface area contributed by atoms with E-state index in [-0.39, 0.29) is 0 Å². The van der Waals surface area contributed by atoms with Gasteiger partial charge in [-0.2, -0.15) is 11.8 Å². The molecule has 112 valence electrons. The summed E-state index contributed by atoms with van der Waals surface area (Å²) in [5, 5.41) is 0.227. The molecule has 2 N–H and O–H groups in total. The molecule has 0 radical (unpaired) electrons. The van der Waals surface area contributed by atoms with E-state index < -0.39 is 15.2 Å². The summed E-state index contributed by atoms with van der Waals surface area (Å²) in [6, 6.07) is 5.73. The highest BCUT2D eigenvalue weighted by molar-refractivity contribution is 8.00. The fraction of sp³-hybridized carbons (Fsp3) is 0.538. The van der Waals surface area contributed by atoms with Gasteiger partial charge in [0.05, 0.1) is 0 Å². The number of benzene rings is 1. The Balaban J connectivity index is 2.19. The van der Waals surface area contributed by atoms with Gasteiger partial charge in [-0.3, -0.25) is 4.90 Å². The summed E-state index contributed by atoms with van der Waals surface area (Å²) in [5.41, 5.74) is 7.51. The predicted octanol–water partition coefficient (Wildman–Crippen LogP) is 1.72. The number of halogens is 1. The van der Waals surface area contributed by atoms with Gasteiger partial charge in [-0.05, 0) is 17.2 Å². The van der Waals surface area contributed by atoms with Gasteiger partial charge in [0.25, 0.3) is 0 Å². The minimum Gasteiger partial charge on any atom is -0.326 e. The third-order valence-corrected chi connectivity index (χ3v) is 6.45. The van der Waals surface area contributed by atoms with Gasteiger partial charge < -0.3 is 5.73 Å². The molecule has 20 heavy (non-hydrogen) atoms. The topological polar surface area (TPSA) is 63.4 Å². The van der Waals surface area contributed by atoms with Gasteiger partial charge in [0.2, 0.25) is 0 Å². The molecule has 1 aliphatic heterocycles. The van der Waals surface area contributed by atoms with E-state index in [1.54, 1.807) is 11.8 Å². The van der Waals surface area contributed by atoms with Crippen molar-refractivity contribution in [2.75, 3.05) is 24.3 Å². The first-order chi connectivity index (χ1) is 9.41. The highest BCUT2D eigenvalue weighted by Gasteiger charge is 2.31. The molecule has 2 rings (SSSR count). The standard InChI is InChI=1S/C13H19ClN2O2S2/c1-20(17,18)13-9-19-5-4-16(13)8-11-3-2-10(7-15)6-12(11)14/h2-3,6,13H,4-5,7-9,15H2,1H3. The second-order valence-corrected chi connectivity index (χ2v) is 8.72. The maximum absolute atomic E-state index is 11.9. The van der Waals surface area contributed by atoms with Crippen molar-refractivity contribution in [2.24, 2.45) is 5.73 Å². The lowest BCUT2D eigenvalue weighted by atomic mass is 10.1. The van der Waals surface area contributed by atoms with Crippen molar-refractivity contribution >= 4 is 33.2 Å². The van der Waals surface area contributed by atoms with E-state index in [1.165, 1.54) is 6.26 Å². The molecular weight excluding hydrogens is 316 g/mol. The van der Waals surface area contributed by atoms with Crippen LogP contribution in [0, 0.1) is 0 Å². The smallest absolute Gasteiger partial charge is 0.164 e. The lowest BCUT2D eigenvalue weighted by Crippen LogP contribution is -2.46. The summed E-state index contributed by atoms with van der Waals surface area (Å²) in [4.78, 5) is 2.00. The largest absolute Gasteiger partial charge is 0.326 e. The van der Waals surface area contributed by atoms with E-state index in [0.717, 1.165) is 23.4 Å². The van der Waals surface area contributed by atoms with E-state index in [9.17, 15) is 8.42 Å². The molecule has 1 atom stereocenters. The van der Waals surface area contributed by atoms with Gasteiger partial charge in [0.1, 0.15) is 5.37 Å². The summed E-state index contributed by atoms with van der Waals surface area (Å²) in [6.45, 7) is 1.77. The van der Waals surface area contributed by atoms with E-state index in [1.807, 2.05) is 23.1 Å². The average molecular weight is 335 g/mol. The van der Waals surface area contributed by atoms with Crippen molar-refractivity contribution < 1.29 is 8.42 Å². The summed E-state index contributed by atoms with van der Waals surface area (Å²) in [5.74, 6) is 1.57. The Labute approximate surface area is 129 Å². The number of hydrogen-bond acceptors (Lipinski definition) is 5. The summed E-state index contributed by atoms with van der Waals surface area (Å²) >= 11 is 7.94. The highest BCUT2D eigenvalue weighted by atomic mass is 35.5. The molecule has 4 nitrogen and oxygen atoms in total. The van der Waals surface area contributed by atoms with Gasteiger partial charge >= 0.3 is 0 Å². The maximum Gasteiger partial charge on any atom is 0.164 e. The number of rotatable bonds is 4. The highest BCUT2D eigenvalue weighted by Crippen LogP contribution is 2.25. The van der Waals surface area contributed by atoms with Crippen molar-refractivity contribution in [3.8, 4) is 0 Å². The van der Waals surface area contributed by atoms with Crippen LogP contribution in [0.5, 0.6) is 0 Å². The molecule has 0 aliphatic carbocycles. The van der Waals surface area contributed by atoms with Crippen molar-refractivity contribution in [3.05, 3.63) is 34.3 Å². The van der Waals surface area contributed by atoms with Gasteiger partial charge in [-0.15, -0.1) is 0 Å². The molecule has 0 aromatic heterocycles. The predicted molar refractivity (Wildman–Crippen MR) is 85.7 cm³/mol. The number of sulfone groups is 1. The molecule has 1 heterocycles.